The van der Waals surface area contributed by atoms with Crippen LogP contribution in [0.1, 0.15) is 38.9 Å². The van der Waals surface area contributed by atoms with E-state index in [0.717, 1.165) is 25.8 Å². The van der Waals surface area contributed by atoms with E-state index in [1.54, 1.807) is 6.07 Å². The van der Waals surface area contributed by atoms with Gasteiger partial charge in [-0.25, -0.2) is 13.1 Å². The lowest BCUT2D eigenvalue weighted by Gasteiger charge is -2.11. The highest BCUT2D eigenvalue weighted by Gasteiger charge is 2.32. The summed E-state index contributed by atoms with van der Waals surface area (Å²) in [5.74, 6) is 1.13. The molecule has 0 aliphatic heterocycles. The molecule has 0 radical (unpaired) electrons. The summed E-state index contributed by atoms with van der Waals surface area (Å²) < 4.78 is 32.2. The molecule has 1 aliphatic rings. The molecule has 0 bridgehead atoms. The molecule has 0 spiro atoms. The minimum absolute atomic E-state index is 0.00768. The van der Waals surface area contributed by atoms with E-state index in [1.807, 2.05) is 6.92 Å². The zero-order valence-electron chi connectivity index (χ0n) is 11.5. The van der Waals surface area contributed by atoms with Crippen LogP contribution in [0, 0.1) is 5.92 Å². The van der Waals surface area contributed by atoms with Crippen LogP contribution >= 0.6 is 0 Å². The zero-order valence-corrected chi connectivity index (χ0v) is 12.3. The van der Waals surface area contributed by atoms with Gasteiger partial charge in [0.15, 0.2) is 0 Å². The zero-order chi connectivity index (χ0) is 13.9. The average Bonchev–Trinajstić information content (AvgIpc) is 3.09. The van der Waals surface area contributed by atoms with E-state index in [1.165, 1.54) is 6.07 Å². The van der Waals surface area contributed by atoms with Gasteiger partial charge in [0.2, 0.25) is 5.09 Å². The van der Waals surface area contributed by atoms with Gasteiger partial charge in [0.05, 0.1) is 6.54 Å². The molecule has 5 nitrogen and oxygen atoms in total. The maximum absolute atomic E-state index is 12.1. The van der Waals surface area contributed by atoms with E-state index in [4.69, 9.17) is 4.42 Å². The van der Waals surface area contributed by atoms with Gasteiger partial charge < -0.3 is 9.73 Å². The molecule has 6 heteroatoms. The summed E-state index contributed by atoms with van der Waals surface area (Å²) in [4.78, 5) is 0. The van der Waals surface area contributed by atoms with Crippen LogP contribution in [0.3, 0.4) is 0 Å². The Morgan fingerprint density at radius 2 is 2.16 bits per heavy atom. The summed E-state index contributed by atoms with van der Waals surface area (Å²) in [5.41, 5.74) is 0. The predicted molar refractivity (Wildman–Crippen MR) is 73.2 cm³/mol. The summed E-state index contributed by atoms with van der Waals surface area (Å²) in [6.45, 7) is 5.43. The summed E-state index contributed by atoms with van der Waals surface area (Å²) in [7, 11) is -3.52. The van der Waals surface area contributed by atoms with Gasteiger partial charge in [-0.3, -0.25) is 0 Å². The van der Waals surface area contributed by atoms with Crippen molar-refractivity contribution in [2.45, 2.75) is 50.8 Å². The van der Waals surface area contributed by atoms with Gasteiger partial charge in [-0.05, 0) is 50.8 Å². The van der Waals surface area contributed by atoms with E-state index in [2.05, 4.69) is 17.0 Å². The van der Waals surface area contributed by atoms with Crippen molar-refractivity contribution in [3.05, 3.63) is 17.9 Å². The normalized spacial score (nSPS) is 17.6. The van der Waals surface area contributed by atoms with E-state index < -0.39 is 10.0 Å². The molecule has 2 rings (SSSR count). The second-order valence-electron chi connectivity index (χ2n) is 5.14. The first-order valence-corrected chi connectivity index (χ1v) is 8.33. The monoisotopic (exact) mass is 286 g/mol. The van der Waals surface area contributed by atoms with E-state index in [-0.39, 0.29) is 11.1 Å². The lowest BCUT2D eigenvalue weighted by molar-refractivity contribution is 0.397. The van der Waals surface area contributed by atoms with Gasteiger partial charge in [0, 0.05) is 6.04 Å². The van der Waals surface area contributed by atoms with Crippen molar-refractivity contribution in [1.82, 2.24) is 10.0 Å². The van der Waals surface area contributed by atoms with Crippen molar-refractivity contribution in [3.63, 3.8) is 0 Å². The number of rotatable bonds is 8. The van der Waals surface area contributed by atoms with Crippen LogP contribution in [-0.4, -0.2) is 21.0 Å². The first kappa shape index (κ1) is 14.6. The number of hydrogen-bond acceptors (Lipinski definition) is 4. The molecule has 0 amide bonds. The lowest BCUT2D eigenvalue weighted by atomic mass is 10.2. The first-order valence-electron chi connectivity index (χ1n) is 6.84. The molecule has 0 saturated heterocycles. The molecule has 19 heavy (non-hydrogen) atoms. The Kier molecular flexibility index (Phi) is 4.65. The van der Waals surface area contributed by atoms with Crippen LogP contribution in [0.2, 0.25) is 0 Å². The standard InChI is InChI=1S/C13H22N2O3S/c1-3-8-14-9-12-6-7-13(18-12)19(16,17)15-10(2)11-4-5-11/h6-7,10-11,14-15H,3-5,8-9H2,1-2H3. The van der Waals surface area contributed by atoms with Gasteiger partial charge in [-0.1, -0.05) is 6.92 Å². The summed E-state index contributed by atoms with van der Waals surface area (Å²) in [5, 5.41) is 3.18. The molecule has 0 aromatic carbocycles. The molecular weight excluding hydrogens is 264 g/mol. The maximum Gasteiger partial charge on any atom is 0.274 e. The lowest BCUT2D eigenvalue weighted by Crippen LogP contribution is -2.33. The third-order valence-electron chi connectivity index (χ3n) is 3.30. The molecule has 2 N–H and O–H groups in total. The summed E-state index contributed by atoms with van der Waals surface area (Å²) in [6.07, 6.45) is 3.24. The topological polar surface area (TPSA) is 71.3 Å². The fourth-order valence-electron chi connectivity index (χ4n) is 1.98. The number of hydrogen-bond donors (Lipinski definition) is 2. The smallest absolute Gasteiger partial charge is 0.274 e. The van der Waals surface area contributed by atoms with Gasteiger partial charge in [-0.2, -0.15) is 0 Å². The quantitative estimate of drug-likeness (QED) is 0.716. The van der Waals surface area contributed by atoms with Crippen LogP contribution in [0.4, 0.5) is 0 Å². The van der Waals surface area contributed by atoms with E-state index in [9.17, 15) is 8.42 Å². The van der Waals surface area contributed by atoms with Crippen molar-refractivity contribution >= 4 is 10.0 Å². The van der Waals surface area contributed by atoms with Crippen LogP contribution in [-0.2, 0) is 16.6 Å². The minimum atomic E-state index is -3.52. The first-order chi connectivity index (χ1) is 9.03. The Labute approximate surface area is 114 Å². The Balaban J connectivity index is 1.95. The van der Waals surface area contributed by atoms with Crippen LogP contribution in [0.25, 0.3) is 0 Å². The molecule has 1 saturated carbocycles. The molecular formula is C13H22N2O3S. The second-order valence-corrected chi connectivity index (χ2v) is 6.79. The molecule has 1 atom stereocenters. The minimum Gasteiger partial charge on any atom is -0.447 e. The van der Waals surface area contributed by atoms with E-state index >= 15 is 0 Å². The predicted octanol–water partition coefficient (Wildman–Crippen LogP) is 1.86. The van der Waals surface area contributed by atoms with E-state index in [0.29, 0.717) is 18.2 Å². The highest BCUT2D eigenvalue weighted by molar-refractivity contribution is 7.89. The molecule has 1 heterocycles. The fourth-order valence-corrected chi connectivity index (χ4v) is 3.24. The highest BCUT2D eigenvalue weighted by Crippen LogP contribution is 2.33. The fraction of sp³-hybridized carbons (Fsp3) is 0.692. The Morgan fingerprint density at radius 1 is 1.42 bits per heavy atom. The van der Waals surface area contributed by atoms with Crippen LogP contribution in [0.5, 0.6) is 0 Å². The van der Waals surface area contributed by atoms with Gasteiger partial charge in [0.1, 0.15) is 5.76 Å². The molecule has 1 aliphatic carbocycles. The van der Waals surface area contributed by atoms with Crippen molar-refractivity contribution in [2.24, 2.45) is 5.92 Å². The average molecular weight is 286 g/mol. The van der Waals surface area contributed by atoms with Gasteiger partial charge in [-0.15, -0.1) is 0 Å². The Bertz CT molecular complexity index is 506. The number of sulfonamides is 1. The third-order valence-corrected chi connectivity index (χ3v) is 4.73. The number of nitrogens with one attached hydrogen (secondary N) is 2. The molecule has 108 valence electrons. The van der Waals surface area contributed by atoms with Crippen molar-refractivity contribution < 1.29 is 12.8 Å². The van der Waals surface area contributed by atoms with Crippen molar-refractivity contribution in [3.8, 4) is 0 Å². The van der Waals surface area contributed by atoms with Crippen LogP contribution in [0.15, 0.2) is 21.6 Å². The van der Waals surface area contributed by atoms with Crippen LogP contribution < -0.4 is 10.0 Å². The molecule has 1 unspecified atom stereocenters. The Hall–Kier alpha value is -0.850. The SMILES string of the molecule is CCCNCc1ccc(S(=O)(=O)NC(C)C2CC2)o1. The molecule has 1 fully saturated rings. The summed E-state index contributed by atoms with van der Waals surface area (Å²) >= 11 is 0. The Morgan fingerprint density at radius 3 is 2.79 bits per heavy atom. The summed E-state index contributed by atoms with van der Waals surface area (Å²) in [6, 6.07) is 3.21. The second kappa shape index (κ2) is 6.07. The largest absolute Gasteiger partial charge is 0.447 e. The third kappa shape index (κ3) is 4.06. The van der Waals surface area contributed by atoms with Gasteiger partial charge in [0.25, 0.3) is 10.0 Å². The highest BCUT2D eigenvalue weighted by atomic mass is 32.2. The van der Waals surface area contributed by atoms with Gasteiger partial charge >= 0.3 is 0 Å². The molecule has 1 aromatic heterocycles. The maximum atomic E-state index is 12.1. The molecule has 1 aromatic rings. The van der Waals surface area contributed by atoms with Crippen molar-refractivity contribution in [1.29, 1.82) is 0 Å². The number of furan rings is 1. The van der Waals surface area contributed by atoms with Crippen molar-refractivity contribution in [2.75, 3.05) is 6.54 Å².